The maximum absolute atomic E-state index is 13.3. The summed E-state index contributed by atoms with van der Waals surface area (Å²) < 4.78 is 35.1. The number of fused-ring (bicyclic) bond motifs is 1. The number of rotatable bonds is 5. The number of nitrogens with zero attached hydrogens (tertiary/aromatic N) is 4. The van der Waals surface area contributed by atoms with Gasteiger partial charge in [-0.05, 0) is 43.2 Å². The van der Waals surface area contributed by atoms with Crippen molar-refractivity contribution in [2.45, 2.75) is 18.2 Å². The lowest BCUT2D eigenvalue weighted by Crippen LogP contribution is -2.29. The van der Waals surface area contributed by atoms with Crippen LogP contribution in [0, 0.1) is 6.92 Å². The summed E-state index contributed by atoms with van der Waals surface area (Å²) in [6, 6.07) is 8.36. The first-order chi connectivity index (χ1) is 14.7. The van der Waals surface area contributed by atoms with E-state index in [1.807, 2.05) is 0 Å². The number of benzene rings is 1. The molecule has 1 aliphatic rings. The van der Waals surface area contributed by atoms with Gasteiger partial charge in [0.05, 0.1) is 11.4 Å². The number of anilines is 1. The molecule has 0 radical (unpaired) electrons. The minimum Gasteiger partial charge on any atom is -0.457 e. The van der Waals surface area contributed by atoms with E-state index in [1.54, 1.807) is 38.2 Å². The van der Waals surface area contributed by atoms with Crippen molar-refractivity contribution in [3.8, 4) is 11.5 Å². The standard InChI is InChI=1S/C20H20ClN5O4S/c1-12-18(19(21)25(3)24-12)31(28,29)26-9-7-13-10-14(4-5-17(13)26)30-15-6-8-23-16(11-15)20(27)22-2/h4-6,8,10-11H,7,9H2,1-3H3,(H,22,27). The number of pyridine rings is 1. The Morgan fingerprint density at radius 2 is 1.97 bits per heavy atom. The lowest BCUT2D eigenvalue weighted by molar-refractivity contribution is 0.0958. The van der Waals surface area contributed by atoms with Crippen LogP contribution in [0.15, 0.2) is 41.4 Å². The van der Waals surface area contributed by atoms with Crippen molar-refractivity contribution in [1.82, 2.24) is 20.1 Å². The molecule has 1 N–H and O–H groups in total. The second-order valence-electron chi connectivity index (χ2n) is 7.00. The molecule has 31 heavy (non-hydrogen) atoms. The first-order valence-electron chi connectivity index (χ1n) is 9.43. The second kappa shape index (κ2) is 7.86. The summed E-state index contributed by atoms with van der Waals surface area (Å²) >= 11 is 6.21. The molecule has 0 saturated heterocycles. The fraction of sp³-hybridized carbons (Fsp3) is 0.250. The molecular formula is C20H20ClN5O4S. The second-order valence-corrected chi connectivity index (χ2v) is 9.16. The number of halogens is 1. The fourth-order valence-corrected chi connectivity index (χ4v) is 5.75. The maximum atomic E-state index is 13.3. The van der Waals surface area contributed by atoms with Crippen molar-refractivity contribution in [1.29, 1.82) is 0 Å². The van der Waals surface area contributed by atoms with Crippen LogP contribution in [-0.2, 0) is 23.5 Å². The zero-order valence-electron chi connectivity index (χ0n) is 17.1. The van der Waals surface area contributed by atoms with Gasteiger partial charge in [0.25, 0.3) is 15.9 Å². The van der Waals surface area contributed by atoms with E-state index in [9.17, 15) is 13.2 Å². The van der Waals surface area contributed by atoms with Crippen molar-refractivity contribution in [2.75, 3.05) is 17.9 Å². The molecule has 1 amide bonds. The van der Waals surface area contributed by atoms with E-state index in [4.69, 9.17) is 16.3 Å². The Balaban J connectivity index is 1.62. The van der Waals surface area contributed by atoms with Gasteiger partial charge in [0.15, 0.2) is 0 Å². The molecule has 3 heterocycles. The fourth-order valence-electron chi connectivity index (χ4n) is 3.54. The van der Waals surface area contributed by atoms with E-state index in [0.717, 1.165) is 5.56 Å². The zero-order chi connectivity index (χ0) is 22.3. The van der Waals surface area contributed by atoms with Crippen molar-refractivity contribution in [2.24, 2.45) is 7.05 Å². The number of nitrogens with one attached hydrogen (secondary N) is 1. The number of amides is 1. The molecule has 3 aromatic rings. The highest BCUT2D eigenvalue weighted by atomic mass is 35.5. The van der Waals surface area contributed by atoms with Crippen LogP contribution in [-0.4, -0.2) is 42.7 Å². The van der Waals surface area contributed by atoms with Crippen LogP contribution in [0.4, 0.5) is 5.69 Å². The molecule has 1 aliphatic heterocycles. The first-order valence-corrected chi connectivity index (χ1v) is 11.2. The van der Waals surface area contributed by atoms with Gasteiger partial charge in [0.2, 0.25) is 0 Å². The Morgan fingerprint density at radius 1 is 1.23 bits per heavy atom. The number of carbonyl (C=O) groups is 1. The van der Waals surface area contributed by atoms with Crippen LogP contribution < -0.4 is 14.4 Å². The predicted molar refractivity (Wildman–Crippen MR) is 115 cm³/mol. The molecule has 2 aromatic heterocycles. The number of aryl methyl sites for hydroxylation is 2. The van der Waals surface area contributed by atoms with Crippen LogP contribution in [0.5, 0.6) is 11.5 Å². The molecule has 11 heteroatoms. The van der Waals surface area contributed by atoms with Gasteiger partial charge in [0.1, 0.15) is 27.2 Å². The van der Waals surface area contributed by atoms with E-state index in [0.29, 0.717) is 35.8 Å². The third kappa shape index (κ3) is 3.72. The molecule has 0 spiro atoms. The quantitative estimate of drug-likeness (QED) is 0.626. The van der Waals surface area contributed by atoms with E-state index in [1.165, 1.54) is 28.3 Å². The summed E-state index contributed by atoms with van der Waals surface area (Å²) in [4.78, 5) is 15.8. The Kier molecular flexibility index (Phi) is 5.36. The monoisotopic (exact) mass is 461 g/mol. The van der Waals surface area contributed by atoms with Crippen LogP contribution in [0.25, 0.3) is 0 Å². The van der Waals surface area contributed by atoms with E-state index in [2.05, 4.69) is 15.4 Å². The van der Waals surface area contributed by atoms with Crippen LogP contribution in [0.2, 0.25) is 5.15 Å². The number of aromatic nitrogens is 3. The van der Waals surface area contributed by atoms with Crippen LogP contribution >= 0.6 is 11.6 Å². The third-order valence-corrected chi connectivity index (χ3v) is 7.49. The highest BCUT2D eigenvalue weighted by Gasteiger charge is 2.35. The summed E-state index contributed by atoms with van der Waals surface area (Å²) in [5.41, 5.74) is 2.00. The van der Waals surface area contributed by atoms with Crippen molar-refractivity contribution >= 4 is 33.2 Å². The minimum absolute atomic E-state index is 0.0170. The van der Waals surface area contributed by atoms with E-state index in [-0.39, 0.29) is 21.6 Å². The van der Waals surface area contributed by atoms with E-state index >= 15 is 0 Å². The lowest BCUT2D eigenvalue weighted by Gasteiger charge is -2.19. The largest absolute Gasteiger partial charge is 0.457 e. The topological polar surface area (TPSA) is 106 Å². The average molecular weight is 462 g/mol. The van der Waals surface area contributed by atoms with Crippen molar-refractivity contribution in [3.63, 3.8) is 0 Å². The molecule has 0 atom stereocenters. The molecule has 0 saturated carbocycles. The molecule has 0 unspecified atom stereocenters. The molecule has 0 aliphatic carbocycles. The van der Waals surface area contributed by atoms with Gasteiger partial charge in [-0.2, -0.15) is 5.10 Å². The van der Waals surface area contributed by atoms with Gasteiger partial charge >= 0.3 is 0 Å². The first kappa shape index (κ1) is 21.1. The highest BCUT2D eigenvalue weighted by molar-refractivity contribution is 7.93. The van der Waals surface area contributed by atoms with Gasteiger partial charge in [0, 0.05) is 32.9 Å². The molecule has 0 bridgehead atoms. The number of carbonyl (C=O) groups excluding carboxylic acids is 1. The van der Waals surface area contributed by atoms with Crippen molar-refractivity contribution < 1.29 is 17.9 Å². The Hall–Kier alpha value is -3.11. The molecule has 0 fully saturated rings. The summed E-state index contributed by atoms with van der Waals surface area (Å²) in [6.45, 7) is 1.91. The maximum Gasteiger partial charge on any atom is 0.269 e. The Bertz CT molecular complexity index is 1290. The zero-order valence-corrected chi connectivity index (χ0v) is 18.7. The molecule has 9 nitrogen and oxygen atoms in total. The molecule has 1 aromatic carbocycles. The SMILES string of the molecule is CNC(=O)c1cc(Oc2ccc3c(c2)CCN3S(=O)(=O)c2c(C)nn(C)c2Cl)ccn1. The molecule has 162 valence electrons. The summed E-state index contributed by atoms with van der Waals surface area (Å²) in [7, 11) is -0.730. The third-order valence-electron chi connectivity index (χ3n) is 4.98. The minimum atomic E-state index is -3.86. The summed E-state index contributed by atoms with van der Waals surface area (Å²) in [5.74, 6) is 0.668. The van der Waals surface area contributed by atoms with Crippen LogP contribution in [0.1, 0.15) is 21.7 Å². The highest BCUT2D eigenvalue weighted by Crippen LogP contribution is 2.38. The number of sulfonamides is 1. The smallest absolute Gasteiger partial charge is 0.269 e. The van der Waals surface area contributed by atoms with Gasteiger partial charge < -0.3 is 10.1 Å². The molecule has 4 rings (SSSR count). The lowest BCUT2D eigenvalue weighted by atomic mass is 10.1. The van der Waals surface area contributed by atoms with Gasteiger partial charge in [-0.25, -0.2) is 8.42 Å². The molecular weight excluding hydrogens is 442 g/mol. The predicted octanol–water partition coefficient (Wildman–Crippen LogP) is 2.68. The Labute approximate surface area is 184 Å². The van der Waals surface area contributed by atoms with Gasteiger partial charge in [-0.1, -0.05) is 11.6 Å². The van der Waals surface area contributed by atoms with Gasteiger partial charge in [-0.15, -0.1) is 0 Å². The summed E-state index contributed by atoms with van der Waals surface area (Å²) in [6.07, 6.45) is 2.02. The summed E-state index contributed by atoms with van der Waals surface area (Å²) in [5, 5.41) is 6.71. The van der Waals surface area contributed by atoms with Gasteiger partial charge in [-0.3, -0.25) is 18.8 Å². The normalized spacial score (nSPS) is 13.2. The number of hydrogen-bond donors (Lipinski definition) is 1. The van der Waals surface area contributed by atoms with Crippen LogP contribution in [0.3, 0.4) is 0 Å². The number of hydrogen-bond acceptors (Lipinski definition) is 6. The van der Waals surface area contributed by atoms with Crippen molar-refractivity contribution in [3.05, 3.63) is 58.6 Å². The van der Waals surface area contributed by atoms with E-state index < -0.39 is 10.0 Å². The number of ether oxygens (including phenoxy) is 1. The Morgan fingerprint density at radius 3 is 2.65 bits per heavy atom. The average Bonchev–Trinajstić information content (AvgIpc) is 3.28.